The highest BCUT2D eigenvalue weighted by Crippen LogP contribution is 2.41. The summed E-state index contributed by atoms with van der Waals surface area (Å²) in [7, 11) is 0. The van der Waals surface area contributed by atoms with Crippen LogP contribution >= 0.6 is 0 Å². The number of ether oxygens (including phenoxy) is 2. The van der Waals surface area contributed by atoms with Crippen LogP contribution in [0.25, 0.3) is 0 Å². The van der Waals surface area contributed by atoms with E-state index in [9.17, 15) is 13.2 Å². The van der Waals surface area contributed by atoms with Gasteiger partial charge in [0, 0.05) is 0 Å². The average Bonchev–Trinajstić information content (AvgIpc) is 2.79. The first-order chi connectivity index (χ1) is 15.8. The number of halogens is 3. The normalized spacial score (nSPS) is 11.5. The summed E-state index contributed by atoms with van der Waals surface area (Å²) in [5.74, 6) is 0.463. The highest BCUT2D eigenvalue weighted by atomic mass is 19.4. The Morgan fingerprint density at radius 1 is 0.485 bits per heavy atom. The summed E-state index contributed by atoms with van der Waals surface area (Å²) >= 11 is 0. The molecule has 0 atom stereocenters. The smallest absolute Gasteiger partial charge is 0.399 e. The van der Waals surface area contributed by atoms with Crippen LogP contribution in [0.5, 0.6) is 23.0 Å². The van der Waals surface area contributed by atoms with Crippen LogP contribution in [0, 0.1) is 13.8 Å². The summed E-state index contributed by atoms with van der Waals surface area (Å²) in [6, 6.07) is 27.0. The van der Waals surface area contributed by atoms with Gasteiger partial charge in [-0.2, -0.15) is 13.2 Å². The van der Waals surface area contributed by atoms with Gasteiger partial charge in [0.25, 0.3) is 0 Å². The van der Waals surface area contributed by atoms with Crippen molar-refractivity contribution in [2.75, 3.05) is 0 Å². The van der Waals surface area contributed by atoms with E-state index in [1.54, 1.807) is 24.3 Å². The number of alkyl halides is 3. The van der Waals surface area contributed by atoms with E-state index >= 15 is 0 Å². The monoisotopic (exact) mass is 448 g/mol. The zero-order valence-corrected chi connectivity index (χ0v) is 18.3. The van der Waals surface area contributed by atoms with Gasteiger partial charge in [-0.05, 0) is 73.5 Å². The molecule has 0 fully saturated rings. The predicted molar refractivity (Wildman–Crippen MR) is 123 cm³/mol. The van der Waals surface area contributed by atoms with Crippen molar-refractivity contribution >= 4 is 0 Å². The molecule has 0 unspecified atom stereocenters. The first kappa shape index (κ1) is 22.5. The number of benzene rings is 4. The van der Waals surface area contributed by atoms with Crippen LogP contribution in [0.4, 0.5) is 13.2 Å². The van der Waals surface area contributed by atoms with Gasteiger partial charge in [0.1, 0.15) is 28.9 Å². The topological polar surface area (TPSA) is 18.5 Å². The fourth-order valence-electron chi connectivity index (χ4n) is 3.51. The second kappa shape index (κ2) is 9.41. The van der Waals surface area contributed by atoms with Gasteiger partial charge in [-0.25, -0.2) is 0 Å². The molecule has 0 aromatic heterocycles. The average molecular weight is 448 g/mol. The maximum atomic E-state index is 14.0. The second-order valence-electron chi connectivity index (χ2n) is 7.94. The summed E-state index contributed by atoms with van der Waals surface area (Å²) in [5.41, 5.74) is 2.49. The first-order valence-corrected chi connectivity index (χ1v) is 10.5. The first-order valence-electron chi connectivity index (χ1n) is 10.5. The Bertz CT molecular complexity index is 1090. The fraction of sp³-hybridized carbons (Fsp3) is 0.143. The van der Waals surface area contributed by atoms with Crippen molar-refractivity contribution < 1.29 is 22.6 Å². The number of rotatable bonds is 6. The Morgan fingerprint density at radius 3 is 1.03 bits per heavy atom. The van der Waals surface area contributed by atoms with Gasteiger partial charge >= 0.3 is 6.18 Å². The Morgan fingerprint density at radius 2 is 0.758 bits per heavy atom. The molecule has 0 radical (unpaired) electrons. The number of hydrogen-bond donors (Lipinski definition) is 0. The van der Waals surface area contributed by atoms with E-state index < -0.39 is 12.1 Å². The molecule has 4 aromatic carbocycles. The lowest BCUT2D eigenvalue weighted by Gasteiger charge is -2.22. The molecular weight excluding hydrogens is 425 g/mol. The summed E-state index contributed by atoms with van der Waals surface area (Å²) in [4.78, 5) is 0. The van der Waals surface area contributed by atoms with E-state index in [0.29, 0.717) is 23.0 Å². The van der Waals surface area contributed by atoms with Crippen molar-refractivity contribution in [3.63, 3.8) is 0 Å². The van der Waals surface area contributed by atoms with Crippen molar-refractivity contribution in [2.24, 2.45) is 0 Å². The third-order valence-electron chi connectivity index (χ3n) is 5.27. The van der Waals surface area contributed by atoms with Gasteiger partial charge in [-0.1, -0.05) is 59.7 Å². The van der Waals surface area contributed by atoms with Crippen LogP contribution in [-0.2, 0) is 0 Å². The molecule has 0 amide bonds. The lowest BCUT2D eigenvalue weighted by molar-refractivity contribution is -0.141. The van der Waals surface area contributed by atoms with Gasteiger partial charge in [0.05, 0.1) is 0 Å². The van der Waals surface area contributed by atoms with Crippen LogP contribution in [0.15, 0.2) is 97.1 Å². The van der Waals surface area contributed by atoms with Crippen molar-refractivity contribution in [3.8, 4) is 23.0 Å². The molecule has 33 heavy (non-hydrogen) atoms. The molecule has 4 rings (SSSR count). The van der Waals surface area contributed by atoms with Crippen LogP contribution in [0.3, 0.4) is 0 Å². The van der Waals surface area contributed by atoms with E-state index in [0.717, 1.165) is 11.1 Å². The van der Waals surface area contributed by atoms with Crippen molar-refractivity contribution in [1.82, 2.24) is 0 Å². The molecule has 0 heterocycles. The standard InChI is InChI=1S/C28H23F3O2/c1-19-3-11-23(12-4-19)32-25-15-7-21(8-16-25)27(28(29,30)31)22-9-17-26(18-10-22)33-24-13-5-20(2)6-14-24/h3-18,27H,1-2H3. The third-order valence-corrected chi connectivity index (χ3v) is 5.27. The summed E-state index contributed by atoms with van der Waals surface area (Å²) in [6.45, 7) is 3.94. The molecule has 0 aliphatic rings. The van der Waals surface area contributed by atoms with E-state index in [1.807, 2.05) is 62.4 Å². The third kappa shape index (κ3) is 5.75. The van der Waals surface area contributed by atoms with Crippen molar-refractivity contribution in [1.29, 1.82) is 0 Å². The van der Waals surface area contributed by atoms with Crippen LogP contribution in [-0.4, -0.2) is 6.18 Å². The van der Waals surface area contributed by atoms with Gasteiger partial charge < -0.3 is 9.47 Å². The zero-order chi connectivity index (χ0) is 23.4. The van der Waals surface area contributed by atoms with Gasteiger partial charge in [-0.3, -0.25) is 0 Å². The molecule has 5 heteroatoms. The number of hydrogen-bond acceptors (Lipinski definition) is 2. The summed E-state index contributed by atoms with van der Waals surface area (Å²) < 4.78 is 53.5. The highest BCUT2D eigenvalue weighted by Gasteiger charge is 2.41. The Kier molecular flexibility index (Phi) is 6.40. The minimum Gasteiger partial charge on any atom is -0.457 e. The Labute approximate surface area is 191 Å². The van der Waals surface area contributed by atoms with Gasteiger partial charge in [0.15, 0.2) is 0 Å². The molecule has 168 valence electrons. The molecule has 0 saturated carbocycles. The zero-order valence-electron chi connectivity index (χ0n) is 18.3. The lowest BCUT2D eigenvalue weighted by Crippen LogP contribution is -2.21. The molecular formula is C28H23F3O2. The molecule has 0 aliphatic heterocycles. The lowest BCUT2D eigenvalue weighted by atomic mass is 9.90. The minimum atomic E-state index is -4.45. The maximum Gasteiger partial charge on any atom is 0.399 e. The fourth-order valence-corrected chi connectivity index (χ4v) is 3.51. The summed E-state index contributed by atoms with van der Waals surface area (Å²) in [6.07, 6.45) is -4.45. The highest BCUT2D eigenvalue weighted by molar-refractivity contribution is 5.42. The Balaban J connectivity index is 1.53. The molecule has 0 N–H and O–H groups in total. The van der Waals surface area contributed by atoms with Gasteiger partial charge in [0.2, 0.25) is 0 Å². The maximum absolute atomic E-state index is 14.0. The Hall–Kier alpha value is -3.73. The molecule has 0 bridgehead atoms. The summed E-state index contributed by atoms with van der Waals surface area (Å²) in [5, 5.41) is 0. The van der Waals surface area contributed by atoms with E-state index in [4.69, 9.17) is 9.47 Å². The number of aryl methyl sites for hydroxylation is 2. The van der Waals surface area contributed by atoms with Gasteiger partial charge in [-0.15, -0.1) is 0 Å². The van der Waals surface area contributed by atoms with E-state index in [1.165, 1.54) is 24.3 Å². The second-order valence-corrected chi connectivity index (χ2v) is 7.94. The molecule has 0 spiro atoms. The largest absolute Gasteiger partial charge is 0.457 e. The van der Waals surface area contributed by atoms with E-state index in [2.05, 4.69) is 0 Å². The molecule has 2 nitrogen and oxygen atoms in total. The SMILES string of the molecule is Cc1ccc(Oc2ccc(C(c3ccc(Oc4ccc(C)cc4)cc3)C(F)(F)F)cc2)cc1. The molecule has 4 aromatic rings. The van der Waals surface area contributed by atoms with Crippen LogP contribution < -0.4 is 9.47 Å². The molecule has 0 saturated heterocycles. The van der Waals surface area contributed by atoms with Crippen molar-refractivity contribution in [3.05, 3.63) is 119 Å². The van der Waals surface area contributed by atoms with Crippen LogP contribution in [0.2, 0.25) is 0 Å². The quantitative estimate of drug-likeness (QED) is 0.294. The minimum absolute atomic E-state index is 0.144. The van der Waals surface area contributed by atoms with E-state index in [-0.39, 0.29) is 11.1 Å². The molecule has 0 aliphatic carbocycles. The predicted octanol–water partition coefficient (Wildman–Crippen LogP) is 8.58. The van der Waals surface area contributed by atoms with Crippen molar-refractivity contribution in [2.45, 2.75) is 25.9 Å². The van der Waals surface area contributed by atoms with Crippen LogP contribution in [0.1, 0.15) is 28.2 Å².